The van der Waals surface area contributed by atoms with Crippen LogP contribution in [0.4, 0.5) is 0 Å². The Morgan fingerprint density at radius 2 is 1.93 bits per heavy atom. The molecule has 6 aliphatic rings. The maximum absolute atomic E-state index is 12.1. The number of allylic oxidation sites excluding steroid dienone is 4. The lowest BCUT2D eigenvalue weighted by atomic mass is 9.50. The molecule has 1 spiro atoms. The first kappa shape index (κ1) is 18.5. The number of fused-ring (bicyclic) bond motifs is 6. The van der Waals surface area contributed by atoms with Crippen molar-refractivity contribution in [1.82, 2.24) is 4.90 Å². The van der Waals surface area contributed by atoms with Crippen molar-refractivity contribution in [3.8, 4) is 0 Å². The summed E-state index contributed by atoms with van der Waals surface area (Å²) in [6.07, 6.45) is 17.1. The number of rotatable bonds is 1. The van der Waals surface area contributed by atoms with Crippen LogP contribution in [0.2, 0.25) is 0 Å². The van der Waals surface area contributed by atoms with Crippen LogP contribution >= 0.6 is 0 Å². The van der Waals surface area contributed by atoms with Gasteiger partial charge in [-0.05, 0) is 99.0 Å². The van der Waals surface area contributed by atoms with Gasteiger partial charge in [-0.3, -0.25) is 4.79 Å². The maximum atomic E-state index is 12.1. The molecule has 7 atom stereocenters. The molecule has 2 heterocycles. The third kappa shape index (κ3) is 2.51. The summed E-state index contributed by atoms with van der Waals surface area (Å²) < 4.78 is 6.14. The predicted molar refractivity (Wildman–Crippen MR) is 114 cm³/mol. The molecular formula is C26H37NO2. The van der Waals surface area contributed by atoms with Crippen LogP contribution in [0.25, 0.3) is 0 Å². The average molecular weight is 396 g/mol. The van der Waals surface area contributed by atoms with E-state index in [4.69, 9.17) is 4.74 Å². The number of hydrogen-bond donors (Lipinski definition) is 0. The Bertz CT molecular complexity index is 778. The Balaban J connectivity index is 1.30. The molecule has 6 unspecified atom stereocenters. The summed E-state index contributed by atoms with van der Waals surface area (Å²) in [4.78, 5) is 14.7. The van der Waals surface area contributed by atoms with Crippen LogP contribution in [-0.4, -0.2) is 29.6 Å². The first-order chi connectivity index (χ1) is 14.0. The molecule has 158 valence electrons. The van der Waals surface area contributed by atoms with E-state index < -0.39 is 0 Å². The van der Waals surface area contributed by atoms with Gasteiger partial charge in [0, 0.05) is 30.6 Å². The number of carbonyl (C=O) groups is 1. The molecule has 6 rings (SSSR count). The average Bonchev–Trinajstić information content (AvgIpc) is 3.41. The van der Waals surface area contributed by atoms with E-state index >= 15 is 0 Å². The molecule has 0 radical (unpaired) electrons. The fraction of sp³-hybridized carbons (Fsp3) is 0.808. The highest BCUT2D eigenvalue weighted by Crippen LogP contribution is 2.68. The van der Waals surface area contributed by atoms with Gasteiger partial charge in [-0.2, -0.15) is 0 Å². The minimum Gasteiger partial charge on any atom is -0.458 e. The summed E-state index contributed by atoms with van der Waals surface area (Å²) in [5.74, 6) is 3.86. The summed E-state index contributed by atoms with van der Waals surface area (Å²) in [7, 11) is 0. The Labute approximate surface area is 175 Å². The Morgan fingerprint density at radius 3 is 2.69 bits per heavy atom. The van der Waals surface area contributed by atoms with Gasteiger partial charge in [0.1, 0.15) is 5.60 Å². The second-order valence-corrected chi connectivity index (χ2v) is 11.4. The SMILES string of the molecule is C[C@H]1CC2(CCC(=O)O2)C2(C)CCC3C4CCC(N5CCCC5)=CC4=CCC3C12. The molecule has 2 saturated carbocycles. The third-order valence-corrected chi connectivity index (χ3v) is 10.2. The van der Waals surface area contributed by atoms with E-state index in [1.165, 1.54) is 58.0 Å². The minimum absolute atomic E-state index is 0.0545. The Kier molecular flexibility index (Phi) is 4.07. The van der Waals surface area contributed by atoms with Crippen LogP contribution in [0.5, 0.6) is 0 Å². The van der Waals surface area contributed by atoms with Gasteiger partial charge in [0.2, 0.25) is 0 Å². The molecule has 2 aliphatic heterocycles. The summed E-state index contributed by atoms with van der Waals surface area (Å²) in [6, 6.07) is 0. The fourth-order valence-corrected chi connectivity index (χ4v) is 9.08. The standard InChI is InChI=1S/C26H37NO2/c1-17-16-26(12-10-23(28)29-26)25(2)11-9-21-20-8-6-19(27-13-3-4-14-27)15-18(20)5-7-22(21)24(17)25/h5,15,17,20-22,24H,3-4,6-14,16H2,1-2H3/t17-,20?,21?,22?,24?,25?,26?/m0/s1. The Morgan fingerprint density at radius 1 is 1.10 bits per heavy atom. The minimum atomic E-state index is -0.154. The van der Waals surface area contributed by atoms with Crippen LogP contribution in [0.3, 0.4) is 0 Å². The van der Waals surface area contributed by atoms with Gasteiger partial charge < -0.3 is 9.64 Å². The highest BCUT2D eigenvalue weighted by molar-refractivity contribution is 5.72. The quantitative estimate of drug-likeness (QED) is 0.551. The molecule has 0 amide bonds. The molecule has 29 heavy (non-hydrogen) atoms. The zero-order valence-corrected chi connectivity index (χ0v) is 18.3. The van der Waals surface area contributed by atoms with Gasteiger partial charge in [0.05, 0.1) is 0 Å². The van der Waals surface area contributed by atoms with E-state index in [0.717, 1.165) is 30.6 Å². The van der Waals surface area contributed by atoms with Crippen LogP contribution in [0, 0.1) is 35.0 Å². The van der Waals surface area contributed by atoms with Gasteiger partial charge in [0.25, 0.3) is 0 Å². The monoisotopic (exact) mass is 395 g/mol. The molecule has 0 aromatic heterocycles. The second-order valence-electron chi connectivity index (χ2n) is 11.4. The van der Waals surface area contributed by atoms with Crippen LogP contribution in [-0.2, 0) is 9.53 Å². The zero-order valence-electron chi connectivity index (χ0n) is 18.3. The Hall–Kier alpha value is -1.25. The van der Waals surface area contributed by atoms with Crippen molar-refractivity contribution in [2.45, 2.75) is 83.7 Å². The predicted octanol–water partition coefficient (Wildman–Crippen LogP) is 5.47. The van der Waals surface area contributed by atoms with E-state index in [2.05, 4.69) is 30.9 Å². The summed E-state index contributed by atoms with van der Waals surface area (Å²) in [5, 5.41) is 0. The van der Waals surface area contributed by atoms with Gasteiger partial charge in [-0.25, -0.2) is 0 Å². The maximum Gasteiger partial charge on any atom is 0.306 e. The van der Waals surface area contributed by atoms with Gasteiger partial charge in [0.15, 0.2) is 0 Å². The van der Waals surface area contributed by atoms with Crippen molar-refractivity contribution in [1.29, 1.82) is 0 Å². The van der Waals surface area contributed by atoms with Crippen LogP contribution in [0.1, 0.15) is 78.1 Å². The van der Waals surface area contributed by atoms with Crippen molar-refractivity contribution in [3.05, 3.63) is 23.4 Å². The number of nitrogens with zero attached hydrogens (tertiary/aromatic N) is 1. The molecule has 3 nitrogen and oxygen atoms in total. The fourth-order valence-electron chi connectivity index (χ4n) is 9.08. The zero-order chi connectivity index (χ0) is 19.8. The normalized spacial score (nSPS) is 48.7. The van der Waals surface area contributed by atoms with Gasteiger partial charge in [-0.15, -0.1) is 0 Å². The number of esters is 1. The summed E-state index contributed by atoms with van der Waals surface area (Å²) in [6.45, 7) is 7.49. The van der Waals surface area contributed by atoms with E-state index in [-0.39, 0.29) is 17.0 Å². The molecule has 0 aromatic carbocycles. The van der Waals surface area contributed by atoms with E-state index in [1.54, 1.807) is 11.3 Å². The van der Waals surface area contributed by atoms with Crippen molar-refractivity contribution in [3.63, 3.8) is 0 Å². The van der Waals surface area contributed by atoms with Crippen LogP contribution in [0.15, 0.2) is 23.4 Å². The van der Waals surface area contributed by atoms with Crippen molar-refractivity contribution >= 4 is 5.97 Å². The summed E-state index contributed by atoms with van der Waals surface area (Å²) in [5.41, 5.74) is 3.32. The molecule has 4 aliphatic carbocycles. The van der Waals surface area contributed by atoms with Crippen molar-refractivity contribution in [2.75, 3.05) is 13.1 Å². The van der Waals surface area contributed by atoms with Crippen LogP contribution < -0.4 is 0 Å². The smallest absolute Gasteiger partial charge is 0.306 e. The topological polar surface area (TPSA) is 29.5 Å². The lowest BCUT2D eigenvalue weighted by molar-refractivity contribution is -0.165. The number of hydrogen-bond acceptors (Lipinski definition) is 3. The molecule has 0 N–H and O–H groups in total. The number of ether oxygens (including phenoxy) is 1. The second kappa shape index (κ2) is 6.37. The lowest BCUT2D eigenvalue weighted by Gasteiger charge is -2.55. The van der Waals surface area contributed by atoms with E-state index in [9.17, 15) is 4.79 Å². The number of carbonyl (C=O) groups excluding carboxylic acids is 1. The molecule has 0 aromatic rings. The molecule has 0 bridgehead atoms. The van der Waals surface area contributed by atoms with Gasteiger partial charge in [-0.1, -0.05) is 19.9 Å². The molecule has 3 heteroatoms. The number of likely N-dealkylation sites (tertiary alicyclic amines) is 1. The largest absolute Gasteiger partial charge is 0.458 e. The first-order valence-electron chi connectivity index (χ1n) is 12.4. The molecular weight excluding hydrogens is 358 g/mol. The third-order valence-electron chi connectivity index (χ3n) is 10.2. The molecule has 4 fully saturated rings. The van der Waals surface area contributed by atoms with E-state index in [0.29, 0.717) is 18.3 Å². The molecule has 2 saturated heterocycles. The lowest BCUT2D eigenvalue weighted by Crippen LogP contribution is -2.52. The first-order valence-corrected chi connectivity index (χ1v) is 12.4. The highest BCUT2D eigenvalue weighted by atomic mass is 16.6. The van der Waals surface area contributed by atoms with E-state index in [1.807, 2.05) is 0 Å². The van der Waals surface area contributed by atoms with Crippen molar-refractivity contribution < 1.29 is 9.53 Å². The van der Waals surface area contributed by atoms with Crippen molar-refractivity contribution in [2.24, 2.45) is 35.0 Å². The summed E-state index contributed by atoms with van der Waals surface area (Å²) >= 11 is 0. The van der Waals surface area contributed by atoms with Gasteiger partial charge >= 0.3 is 5.97 Å². The highest BCUT2D eigenvalue weighted by Gasteiger charge is 2.67.